The zero-order valence-electron chi connectivity index (χ0n) is 11.8. The molecule has 1 aromatic rings. The third kappa shape index (κ3) is 5.49. The maximum atomic E-state index is 6.06. The highest BCUT2D eigenvalue weighted by atomic mass is 35.6. The Kier molecular flexibility index (Phi) is 6.92. The van der Waals surface area contributed by atoms with Crippen molar-refractivity contribution in [2.75, 3.05) is 0 Å². The van der Waals surface area contributed by atoms with Crippen LogP contribution in [0.3, 0.4) is 0 Å². The molecule has 6 heteroatoms. The minimum Gasteiger partial charge on any atom is -0.245 e. The monoisotopic (exact) mass is 325 g/mol. The fraction of sp³-hybridized carbons (Fsp3) is 0.846. The third-order valence-electron chi connectivity index (χ3n) is 2.90. The van der Waals surface area contributed by atoms with Crippen molar-refractivity contribution in [3.8, 4) is 0 Å². The van der Waals surface area contributed by atoms with Crippen molar-refractivity contribution in [2.24, 2.45) is 5.92 Å². The fourth-order valence-corrected chi connectivity index (χ4v) is 2.65. The van der Waals surface area contributed by atoms with E-state index in [1.807, 2.05) is 0 Å². The number of rotatable bonds is 7. The minimum atomic E-state index is -1.46. The topological polar surface area (TPSA) is 30.7 Å². The van der Waals surface area contributed by atoms with Crippen molar-refractivity contribution in [3.05, 3.63) is 11.4 Å². The van der Waals surface area contributed by atoms with Gasteiger partial charge in [0.25, 0.3) is 0 Å². The molecule has 0 saturated carbocycles. The largest absolute Gasteiger partial charge is 0.245 e. The molecule has 0 amide bonds. The number of aromatic nitrogens is 3. The molecule has 0 spiro atoms. The minimum absolute atomic E-state index is 0.455. The molecular formula is C13H22Cl3N3. The lowest BCUT2D eigenvalue weighted by molar-refractivity contribution is 0.514. The molecule has 1 rings (SSSR count). The standard InChI is InChI=1S/C13H22Cl3N3/c1-4-5-6-7-8-19-12(13(14,15)16)11(17-18-19)9-10(2)3/h10H,4-9H2,1-3H3. The number of hydrogen-bond acceptors (Lipinski definition) is 2. The molecule has 19 heavy (non-hydrogen) atoms. The van der Waals surface area contributed by atoms with Crippen LogP contribution < -0.4 is 0 Å². The van der Waals surface area contributed by atoms with E-state index in [-0.39, 0.29) is 0 Å². The summed E-state index contributed by atoms with van der Waals surface area (Å²) in [6, 6.07) is 0. The summed E-state index contributed by atoms with van der Waals surface area (Å²) in [5.74, 6) is 0.455. The van der Waals surface area contributed by atoms with Crippen LogP contribution in [-0.2, 0) is 16.8 Å². The molecular weight excluding hydrogens is 305 g/mol. The summed E-state index contributed by atoms with van der Waals surface area (Å²) in [7, 11) is 0. The molecule has 110 valence electrons. The molecule has 1 aromatic heterocycles. The van der Waals surface area contributed by atoms with Gasteiger partial charge in [0.15, 0.2) is 0 Å². The van der Waals surface area contributed by atoms with E-state index in [1.54, 1.807) is 4.68 Å². The second-order valence-corrected chi connectivity index (χ2v) is 7.55. The Balaban J connectivity index is 2.83. The van der Waals surface area contributed by atoms with Crippen LogP contribution in [0.4, 0.5) is 0 Å². The second-order valence-electron chi connectivity index (χ2n) is 5.26. The normalized spacial score (nSPS) is 12.4. The SMILES string of the molecule is CCCCCCn1nnc(CC(C)C)c1C(Cl)(Cl)Cl. The summed E-state index contributed by atoms with van der Waals surface area (Å²) in [6.45, 7) is 7.17. The molecule has 0 aliphatic rings. The van der Waals surface area contributed by atoms with Crippen molar-refractivity contribution in [1.82, 2.24) is 15.0 Å². The maximum Gasteiger partial charge on any atom is 0.234 e. The van der Waals surface area contributed by atoms with Gasteiger partial charge in [0, 0.05) is 6.54 Å². The Morgan fingerprint density at radius 2 is 1.84 bits per heavy atom. The van der Waals surface area contributed by atoms with Crippen LogP contribution >= 0.6 is 34.8 Å². The highest BCUT2D eigenvalue weighted by molar-refractivity contribution is 6.66. The molecule has 0 N–H and O–H groups in total. The van der Waals surface area contributed by atoms with Crippen LogP contribution in [0, 0.1) is 5.92 Å². The molecule has 3 nitrogen and oxygen atoms in total. The van der Waals surface area contributed by atoms with Crippen LogP contribution in [0.1, 0.15) is 57.8 Å². The van der Waals surface area contributed by atoms with Crippen LogP contribution in [0.5, 0.6) is 0 Å². The van der Waals surface area contributed by atoms with Crippen LogP contribution in [-0.4, -0.2) is 15.0 Å². The van der Waals surface area contributed by atoms with E-state index in [9.17, 15) is 0 Å². The van der Waals surface area contributed by atoms with E-state index in [0.717, 1.165) is 31.5 Å². The third-order valence-corrected chi connectivity index (χ3v) is 3.44. The van der Waals surface area contributed by atoms with Gasteiger partial charge in [-0.15, -0.1) is 5.10 Å². The number of unbranched alkanes of at least 4 members (excludes halogenated alkanes) is 3. The molecule has 0 aliphatic heterocycles. The summed E-state index contributed by atoms with van der Waals surface area (Å²) < 4.78 is 0.291. The molecule has 0 saturated heterocycles. The summed E-state index contributed by atoms with van der Waals surface area (Å²) in [4.78, 5) is 0. The molecule has 0 unspecified atom stereocenters. The number of alkyl halides is 3. The zero-order chi connectivity index (χ0) is 14.5. The van der Waals surface area contributed by atoms with Crippen molar-refractivity contribution < 1.29 is 0 Å². The number of halogens is 3. The maximum absolute atomic E-state index is 6.06. The Morgan fingerprint density at radius 3 is 2.37 bits per heavy atom. The van der Waals surface area contributed by atoms with E-state index >= 15 is 0 Å². The van der Waals surface area contributed by atoms with Gasteiger partial charge in [-0.3, -0.25) is 0 Å². The van der Waals surface area contributed by atoms with Crippen molar-refractivity contribution in [2.45, 2.75) is 63.2 Å². The molecule has 0 bridgehead atoms. The van der Waals surface area contributed by atoms with Gasteiger partial charge in [-0.2, -0.15) is 0 Å². The first-order chi connectivity index (χ1) is 8.86. The van der Waals surface area contributed by atoms with E-state index in [4.69, 9.17) is 34.8 Å². The first-order valence-corrected chi connectivity index (χ1v) is 7.99. The lowest BCUT2D eigenvalue weighted by atomic mass is 10.1. The Hall–Kier alpha value is 0.01000. The molecule has 1 heterocycles. The molecule has 0 aliphatic carbocycles. The summed E-state index contributed by atoms with van der Waals surface area (Å²) >= 11 is 18.2. The van der Waals surface area contributed by atoms with Crippen molar-refractivity contribution in [3.63, 3.8) is 0 Å². The number of hydrogen-bond donors (Lipinski definition) is 0. The lowest BCUT2D eigenvalue weighted by Gasteiger charge is -2.15. The highest BCUT2D eigenvalue weighted by Gasteiger charge is 2.32. The fourth-order valence-electron chi connectivity index (χ4n) is 2.03. The predicted octanol–water partition coefficient (Wildman–Crippen LogP) is 4.88. The van der Waals surface area contributed by atoms with Gasteiger partial charge in [-0.1, -0.05) is 80.0 Å². The molecule has 0 aromatic carbocycles. The van der Waals surface area contributed by atoms with E-state index in [1.165, 1.54) is 12.8 Å². The van der Waals surface area contributed by atoms with Gasteiger partial charge < -0.3 is 0 Å². The molecule has 0 radical (unpaired) electrons. The lowest BCUT2D eigenvalue weighted by Crippen LogP contribution is -2.15. The summed E-state index contributed by atoms with van der Waals surface area (Å²) in [6.07, 6.45) is 5.39. The molecule has 0 fully saturated rings. The number of nitrogens with zero attached hydrogens (tertiary/aromatic N) is 3. The van der Waals surface area contributed by atoms with Gasteiger partial charge in [0.05, 0.1) is 5.69 Å². The van der Waals surface area contributed by atoms with Crippen molar-refractivity contribution in [1.29, 1.82) is 0 Å². The highest BCUT2D eigenvalue weighted by Crippen LogP contribution is 2.40. The molecule has 0 atom stereocenters. The van der Waals surface area contributed by atoms with Gasteiger partial charge in [-0.25, -0.2) is 4.68 Å². The van der Waals surface area contributed by atoms with Crippen molar-refractivity contribution >= 4 is 34.8 Å². The van der Waals surface area contributed by atoms with E-state index in [2.05, 4.69) is 31.1 Å². The average molecular weight is 327 g/mol. The number of aryl methyl sites for hydroxylation is 1. The Labute approximate surface area is 130 Å². The Morgan fingerprint density at radius 1 is 1.16 bits per heavy atom. The van der Waals surface area contributed by atoms with Gasteiger partial charge in [-0.05, 0) is 18.8 Å². The first kappa shape index (κ1) is 17.1. The van der Waals surface area contributed by atoms with Crippen LogP contribution in [0.2, 0.25) is 0 Å². The predicted molar refractivity (Wildman–Crippen MR) is 81.9 cm³/mol. The van der Waals surface area contributed by atoms with Gasteiger partial charge >= 0.3 is 0 Å². The van der Waals surface area contributed by atoms with Gasteiger partial charge in [0.2, 0.25) is 3.79 Å². The average Bonchev–Trinajstić information content (AvgIpc) is 2.66. The zero-order valence-corrected chi connectivity index (χ0v) is 14.1. The van der Waals surface area contributed by atoms with Crippen LogP contribution in [0.15, 0.2) is 0 Å². The summed E-state index contributed by atoms with van der Waals surface area (Å²) in [5, 5.41) is 8.33. The first-order valence-electron chi connectivity index (χ1n) is 6.85. The van der Waals surface area contributed by atoms with E-state index in [0.29, 0.717) is 11.6 Å². The summed E-state index contributed by atoms with van der Waals surface area (Å²) in [5.41, 5.74) is 1.42. The van der Waals surface area contributed by atoms with Gasteiger partial charge in [0.1, 0.15) is 5.69 Å². The van der Waals surface area contributed by atoms with Crippen LogP contribution in [0.25, 0.3) is 0 Å². The quantitative estimate of drug-likeness (QED) is 0.528. The van der Waals surface area contributed by atoms with E-state index < -0.39 is 3.79 Å². The second kappa shape index (κ2) is 7.70. The Bertz CT molecular complexity index is 383. The smallest absolute Gasteiger partial charge is 0.234 e.